The molecule has 19 heavy (non-hydrogen) atoms. The van der Waals surface area contributed by atoms with E-state index in [-0.39, 0.29) is 5.91 Å². The van der Waals surface area contributed by atoms with Crippen LogP contribution in [0.15, 0.2) is 24.4 Å². The second kappa shape index (κ2) is 5.05. The quantitative estimate of drug-likeness (QED) is 0.852. The maximum absolute atomic E-state index is 11.1. The molecule has 2 N–H and O–H groups in total. The fourth-order valence-electron chi connectivity index (χ4n) is 2.82. The number of nitrogens with one attached hydrogen (secondary N) is 2. The summed E-state index contributed by atoms with van der Waals surface area (Å²) in [6.45, 7) is 3.45. The van der Waals surface area contributed by atoms with Gasteiger partial charge in [-0.3, -0.25) is 4.79 Å². The molecule has 1 fully saturated rings. The van der Waals surface area contributed by atoms with Crippen molar-refractivity contribution in [2.75, 3.05) is 18.4 Å². The summed E-state index contributed by atoms with van der Waals surface area (Å²) >= 11 is 0. The molecule has 4 nitrogen and oxygen atoms in total. The topological polar surface area (TPSA) is 59.0 Å². The Morgan fingerprint density at radius 3 is 2.89 bits per heavy atom. The van der Waals surface area contributed by atoms with Gasteiger partial charge in [-0.05, 0) is 42.5 Å². The van der Waals surface area contributed by atoms with E-state index in [0.717, 1.165) is 37.1 Å². The van der Waals surface area contributed by atoms with Crippen LogP contribution in [-0.4, -0.2) is 24.0 Å². The van der Waals surface area contributed by atoms with Gasteiger partial charge >= 0.3 is 0 Å². The summed E-state index contributed by atoms with van der Waals surface area (Å²) in [7, 11) is 0. The van der Waals surface area contributed by atoms with Crippen molar-refractivity contribution in [2.45, 2.75) is 25.7 Å². The molecule has 0 unspecified atom stereocenters. The molecule has 0 bridgehead atoms. The van der Waals surface area contributed by atoms with Crippen molar-refractivity contribution in [2.24, 2.45) is 0 Å². The molecular formula is C15H18N3O. The number of carbonyl (C=O) groups is 1. The number of hydrogen-bond acceptors (Lipinski definition) is 1. The van der Waals surface area contributed by atoms with Crippen LogP contribution in [-0.2, 0) is 4.79 Å². The van der Waals surface area contributed by atoms with E-state index >= 15 is 0 Å². The molecule has 1 aliphatic heterocycles. The van der Waals surface area contributed by atoms with E-state index in [1.54, 1.807) is 0 Å². The van der Waals surface area contributed by atoms with Gasteiger partial charge in [0.2, 0.25) is 5.91 Å². The van der Waals surface area contributed by atoms with Gasteiger partial charge < -0.3 is 10.3 Å². The monoisotopic (exact) mass is 256 g/mol. The maximum Gasteiger partial charge on any atom is 0.221 e. The highest BCUT2D eigenvalue weighted by atomic mass is 16.1. The molecule has 3 rings (SSSR count). The number of aromatic nitrogens is 1. The molecule has 2 heterocycles. The first kappa shape index (κ1) is 12.2. The zero-order chi connectivity index (χ0) is 13.2. The van der Waals surface area contributed by atoms with Gasteiger partial charge in [-0.25, -0.2) is 5.32 Å². The van der Waals surface area contributed by atoms with Crippen LogP contribution in [0.5, 0.6) is 0 Å². The van der Waals surface area contributed by atoms with Crippen LogP contribution in [0.4, 0.5) is 5.69 Å². The molecule has 1 aromatic carbocycles. The molecule has 0 aliphatic carbocycles. The van der Waals surface area contributed by atoms with Crippen molar-refractivity contribution >= 4 is 22.5 Å². The van der Waals surface area contributed by atoms with E-state index in [1.165, 1.54) is 17.9 Å². The molecule has 1 aromatic heterocycles. The average molecular weight is 256 g/mol. The zero-order valence-electron chi connectivity index (χ0n) is 11.1. The summed E-state index contributed by atoms with van der Waals surface area (Å²) in [5.41, 5.74) is 3.35. The fourth-order valence-corrected chi connectivity index (χ4v) is 2.82. The number of rotatable bonds is 2. The van der Waals surface area contributed by atoms with Crippen molar-refractivity contribution < 1.29 is 4.79 Å². The van der Waals surface area contributed by atoms with Gasteiger partial charge in [-0.1, -0.05) is 0 Å². The average Bonchev–Trinajstić information content (AvgIpc) is 2.82. The van der Waals surface area contributed by atoms with Crippen LogP contribution in [0, 0.1) is 0 Å². The second-order valence-electron chi connectivity index (χ2n) is 5.13. The number of benzene rings is 1. The lowest BCUT2D eigenvalue weighted by Crippen LogP contribution is -2.20. The van der Waals surface area contributed by atoms with E-state index in [4.69, 9.17) is 0 Å². The Morgan fingerprint density at radius 2 is 2.16 bits per heavy atom. The number of amides is 1. The molecule has 1 saturated heterocycles. The van der Waals surface area contributed by atoms with E-state index in [2.05, 4.69) is 27.9 Å². The third-order valence-corrected chi connectivity index (χ3v) is 3.75. The van der Waals surface area contributed by atoms with Gasteiger partial charge in [0.05, 0.1) is 0 Å². The van der Waals surface area contributed by atoms with Crippen LogP contribution in [0.25, 0.3) is 10.9 Å². The van der Waals surface area contributed by atoms with E-state index < -0.39 is 0 Å². The van der Waals surface area contributed by atoms with Gasteiger partial charge in [-0.15, -0.1) is 0 Å². The third-order valence-electron chi connectivity index (χ3n) is 3.75. The van der Waals surface area contributed by atoms with Gasteiger partial charge in [0.25, 0.3) is 0 Å². The largest absolute Gasteiger partial charge is 0.361 e. The molecule has 0 atom stereocenters. The first-order valence-corrected chi connectivity index (χ1v) is 6.76. The molecule has 0 spiro atoms. The van der Waals surface area contributed by atoms with Crippen molar-refractivity contribution in [3.05, 3.63) is 30.0 Å². The standard InChI is InChI=1S/C15H18N3O/c1-10(19)18-12-2-3-15-13(8-12)14(9-17-15)11-4-6-16-7-5-11/h2-3,8-9,11,17H,4-7H2,1H3,(H,18,19). The van der Waals surface area contributed by atoms with Crippen LogP contribution < -0.4 is 10.6 Å². The first-order chi connectivity index (χ1) is 9.24. The predicted molar refractivity (Wildman–Crippen MR) is 76.4 cm³/mol. The fraction of sp³-hybridized carbons (Fsp3) is 0.400. The minimum atomic E-state index is -0.0343. The summed E-state index contributed by atoms with van der Waals surface area (Å²) in [6.07, 6.45) is 4.35. The lowest BCUT2D eigenvalue weighted by atomic mass is 9.90. The summed E-state index contributed by atoms with van der Waals surface area (Å²) in [5, 5.41) is 8.47. The van der Waals surface area contributed by atoms with Crippen LogP contribution in [0.1, 0.15) is 31.2 Å². The van der Waals surface area contributed by atoms with Crippen LogP contribution in [0.3, 0.4) is 0 Å². The molecule has 1 amide bonds. The molecule has 2 aromatic rings. The van der Waals surface area contributed by atoms with Crippen molar-refractivity contribution in [3.8, 4) is 0 Å². The Kier molecular flexibility index (Phi) is 3.25. The Labute approximate surface area is 112 Å². The molecule has 0 saturated carbocycles. The highest BCUT2D eigenvalue weighted by molar-refractivity contribution is 5.93. The number of nitrogens with zero attached hydrogens (tertiary/aromatic N) is 1. The summed E-state index contributed by atoms with van der Waals surface area (Å²) < 4.78 is 0. The van der Waals surface area contributed by atoms with Crippen LogP contribution in [0.2, 0.25) is 0 Å². The Bertz CT molecular complexity index is 596. The first-order valence-electron chi connectivity index (χ1n) is 6.76. The molecular weight excluding hydrogens is 238 g/mol. The van der Waals surface area contributed by atoms with Crippen molar-refractivity contribution in [3.63, 3.8) is 0 Å². The number of hydrogen-bond donors (Lipinski definition) is 2. The Morgan fingerprint density at radius 1 is 1.37 bits per heavy atom. The number of carbonyl (C=O) groups excluding carboxylic acids is 1. The molecule has 4 heteroatoms. The SMILES string of the molecule is CC(=O)Nc1ccc2[nH]cc(C3CC[N]CC3)c2c1. The highest BCUT2D eigenvalue weighted by Gasteiger charge is 2.19. The zero-order valence-corrected chi connectivity index (χ0v) is 11.1. The second-order valence-corrected chi connectivity index (χ2v) is 5.13. The lowest BCUT2D eigenvalue weighted by Gasteiger charge is -2.21. The van der Waals surface area contributed by atoms with Gasteiger partial charge in [0.15, 0.2) is 0 Å². The highest BCUT2D eigenvalue weighted by Crippen LogP contribution is 2.32. The minimum Gasteiger partial charge on any atom is -0.361 e. The number of H-pyrrole nitrogens is 1. The van der Waals surface area contributed by atoms with Gasteiger partial charge in [0, 0.05) is 42.8 Å². The lowest BCUT2D eigenvalue weighted by molar-refractivity contribution is -0.114. The maximum atomic E-state index is 11.1. The molecule has 99 valence electrons. The smallest absolute Gasteiger partial charge is 0.221 e. The molecule has 1 radical (unpaired) electrons. The predicted octanol–water partition coefficient (Wildman–Crippen LogP) is 2.61. The van der Waals surface area contributed by atoms with E-state index in [1.807, 2.05) is 12.1 Å². The normalized spacial score (nSPS) is 16.7. The summed E-state index contributed by atoms with van der Waals surface area (Å²) in [4.78, 5) is 14.5. The van der Waals surface area contributed by atoms with E-state index in [0.29, 0.717) is 5.92 Å². The number of anilines is 1. The summed E-state index contributed by atoms with van der Waals surface area (Å²) in [5.74, 6) is 0.548. The van der Waals surface area contributed by atoms with Gasteiger partial charge in [-0.2, -0.15) is 0 Å². The molecule has 1 aliphatic rings. The minimum absolute atomic E-state index is 0.0343. The Balaban J connectivity index is 1.97. The van der Waals surface area contributed by atoms with Crippen molar-refractivity contribution in [1.82, 2.24) is 10.3 Å². The van der Waals surface area contributed by atoms with Crippen molar-refractivity contribution in [1.29, 1.82) is 0 Å². The number of fused-ring (bicyclic) bond motifs is 1. The Hall–Kier alpha value is -1.81. The van der Waals surface area contributed by atoms with E-state index in [9.17, 15) is 4.79 Å². The number of aromatic amines is 1. The number of piperidine rings is 1. The van der Waals surface area contributed by atoms with Gasteiger partial charge in [0.1, 0.15) is 0 Å². The third kappa shape index (κ3) is 2.49. The summed E-state index contributed by atoms with van der Waals surface area (Å²) in [6, 6.07) is 6.02. The van der Waals surface area contributed by atoms with Crippen LogP contribution >= 0.6 is 0 Å².